The summed E-state index contributed by atoms with van der Waals surface area (Å²) < 4.78 is 4.82. The van der Waals surface area contributed by atoms with E-state index in [-0.39, 0.29) is 0 Å². The maximum absolute atomic E-state index is 9.19. The number of ether oxygens (including phenoxy) is 1. The fourth-order valence-corrected chi connectivity index (χ4v) is 0.710. The van der Waals surface area contributed by atoms with E-state index in [0.717, 1.165) is 0 Å². The Hall–Kier alpha value is -0.160. The largest absolute Gasteiger partial charge is 0.379 e. The minimum Gasteiger partial charge on any atom is -0.379 e. The summed E-state index contributed by atoms with van der Waals surface area (Å²) in [7, 11) is 0. The van der Waals surface area contributed by atoms with Crippen LogP contribution in [0.15, 0.2) is 0 Å². The van der Waals surface area contributed by atoms with Crippen molar-refractivity contribution in [3.05, 3.63) is 0 Å². The lowest BCUT2D eigenvalue weighted by molar-refractivity contribution is -0.224. The van der Waals surface area contributed by atoms with Crippen molar-refractivity contribution in [1.82, 2.24) is 5.32 Å². The van der Waals surface area contributed by atoms with Crippen LogP contribution in [0.5, 0.6) is 0 Å². The smallest absolute Gasteiger partial charge is 0.223 e. The summed E-state index contributed by atoms with van der Waals surface area (Å²) >= 11 is 0. The molecule has 0 aromatic heterocycles. The first-order valence-electron chi connectivity index (χ1n) is 3.30. The predicted octanol–water partition coefficient (Wildman–Crippen LogP) is -0.383. The fraction of sp³-hybridized carbons (Fsp3) is 1.00. The van der Waals surface area contributed by atoms with E-state index in [2.05, 4.69) is 5.32 Å². The molecule has 2 atom stereocenters. The van der Waals surface area contributed by atoms with E-state index in [1.54, 1.807) is 6.92 Å². The molecular formula is C6H15NO3. The molecule has 0 fully saturated rings. The third-order valence-electron chi connectivity index (χ3n) is 0.902. The van der Waals surface area contributed by atoms with Crippen LogP contribution in [0.25, 0.3) is 0 Å². The standard InChI is InChI=1S/C6H15NO3/c1-4-10-6(3,9)7-5(2)8/h5,7-9H,4H2,1-3H3. The van der Waals surface area contributed by atoms with E-state index in [1.807, 2.05) is 0 Å². The minimum atomic E-state index is -1.43. The molecule has 0 radical (unpaired) electrons. The Bertz CT molecular complexity index is 93.0. The predicted molar refractivity (Wildman–Crippen MR) is 37.1 cm³/mol. The van der Waals surface area contributed by atoms with Crippen LogP contribution in [0.1, 0.15) is 20.8 Å². The van der Waals surface area contributed by atoms with Gasteiger partial charge >= 0.3 is 0 Å². The number of aliphatic hydroxyl groups excluding tert-OH is 1. The second kappa shape index (κ2) is 3.88. The Morgan fingerprint density at radius 2 is 2.20 bits per heavy atom. The van der Waals surface area contributed by atoms with Crippen LogP contribution >= 0.6 is 0 Å². The first-order chi connectivity index (χ1) is 4.48. The minimum absolute atomic E-state index is 0.396. The quantitative estimate of drug-likeness (QED) is 0.477. The van der Waals surface area contributed by atoms with Crippen LogP contribution in [0, 0.1) is 0 Å². The van der Waals surface area contributed by atoms with E-state index < -0.39 is 12.1 Å². The second-order valence-corrected chi connectivity index (χ2v) is 2.24. The van der Waals surface area contributed by atoms with Gasteiger partial charge in [-0.25, -0.2) is 5.32 Å². The van der Waals surface area contributed by atoms with Gasteiger partial charge in [0.25, 0.3) is 0 Å². The van der Waals surface area contributed by atoms with Crippen molar-refractivity contribution in [2.24, 2.45) is 0 Å². The molecule has 3 N–H and O–H groups in total. The highest BCUT2D eigenvalue weighted by molar-refractivity contribution is 4.56. The van der Waals surface area contributed by atoms with Gasteiger partial charge in [-0.3, -0.25) is 0 Å². The van der Waals surface area contributed by atoms with Crippen molar-refractivity contribution in [2.75, 3.05) is 6.61 Å². The van der Waals surface area contributed by atoms with Crippen LogP contribution < -0.4 is 5.32 Å². The van der Waals surface area contributed by atoms with Crippen LogP contribution in [0.2, 0.25) is 0 Å². The normalized spacial score (nSPS) is 20.1. The van der Waals surface area contributed by atoms with Gasteiger partial charge in [0.2, 0.25) is 5.91 Å². The molecule has 0 rings (SSSR count). The number of hydrogen-bond acceptors (Lipinski definition) is 4. The molecule has 2 unspecified atom stereocenters. The zero-order valence-electron chi connectivity index (χ0n) is 6.59. The highest BCUT2D eigenvalue weighted by atomic mass is 16.6. The Kier molecular flexibility index (Phi) is 3.81. The summed E-state index contributed by atoms with van der Waals surface area (Å²) in [4.78, 5) is 0. The van der Waals surface area contributed by atoms with Crippen LogP contribution in [0.3, 0.4) is 0 Å². The molecule has 0 heterocycles. The van der Waals surface area contributed by atoms with E-state index in [4.69, 9.17) is 9.84 Å². The molecule has 4 heteroatoms. The Balaban J connectivity index is 3.63. The van der Waals surface area contributed by atoms with E-state index in [0.29, 0.717) is 6.61 Å². The molecule has 0 aromatic rings. The van der Waals surface area contributed by atoms with E-state index in [9.17, 15) is 5.11 Å². The maximum atomic E-state index is 9.19. The second-order valence-electron chi connectivity index (χ2n) is 2.24. The van der Waals surface area contributed by atoms with Crippen molar-refractivity contribution in [3.63, 3.8) is 0 Å². The molecule has 4 nitrogen and oxygen atoms in total. The third-order valence-corrected chi connectivity index (χ3v) is 0.902. The van der Waals surface area contributed by atoms with E-state index >= 15 is 0 Å². The number of nitrogens with one attached hydrogen (secondary N) is 1. The molecule has 0 aromatic carbocycles. The third kappa shape index (κ3) is 4.69. The average molecular weight is 149 g/mol. The molecule has 0 saturated carbocycles. The van der Waals surface area contributed by atoms with Gasteiger partial charge in [-0.2, -0.15) is 0 Å². The van der Waals surface area contributed by atoms with Crippen LogP contribution in [-0.2, 0) is 4.74 Å². The molecule has 0 aliphatic carbocycles. The van der Waals surface area contributed by atoms with Gasteiger partial charge in [0.1, 0.15) is 6.23 Å². The van der Waals surface area contributed by atoms with Gasteiger partial charge in [-0.1, -0.05) is 0 Å². The molecule has 62 valence electrons. The SMILES string of the molecule is CCOC(C)(O)NC(C)O. The first kappa shape index (κ1) is 9.84. The lowest BCUT2D eigenvalue weighted by Gasteiger charge is -2.25. The van der Waals surface area contributed by atoms with Crippen molar-refractivity contribution < 1.29 is 14.9 Å². The van der Waals surface area contributed by atoms with Crippen LogP contribution in [0.4, 0.5) is 0 Å². The monoisotopic (exact) mass is 149 g/mol. The summed E-state index contributed by atoms with van der Waals surface area (Å²) in [6, 6.07) is 0. The van der Waals surface area contributed by atoms with Crippen molar-refractivity contribution in [3.8, 4) is 0 Å². The summed E-state index contributed by atoms with van der Waals surface area (Å²) in [5, 5.41) is 20.4. The highest BCUT2D eigenvalue weighted by Crippen LogP contribution is 2.00. The van der Waals surface area contributed by atoms with Crippen LogP contribution in [-0.4, -0.2) is 29.0 Å². The zero-order valence-corrected chi connectivity index (χ0v) is 6.59. The molecule has 0 bridgehead atoms. The molecular weight excluding hydrogens is 134 g/mol. The zero-order chi connectivity index (χ0) is 8.20. The molecule has 0 aliphatic heterocycles. The number of hydrogen-bond donors (Lipinski definition) is 3. The molecule has 0 aliphatic rings. The van der Waals surface area contributed by atoms with Gasteiger partial charge < -0.3 is 14.9 Å². The lowest BCUT2D eigenvalue weighted by atomic mass is 10.5. The molecule has 0 amide bonds. The topological polar surface area (TPSA) is 61.7 Å². The Labute approximate surface area is 60.8 Å². The summed E-state index contributed by atoms with van der Waals surface area (Å²) in [5.74, 6) is -1.43. The summed E-state index contributed by atoms with van der Waals surface area (Å²) in [6.45, 7) is 5.10. The lowest BCUT2D eigenvalue weighted by Crippen LogP contribution is -2.49. The fourth-order valence-electron chi connectivity index (χ4n) is 0.710. The number of rotatable bonds is 4. The van der Waals surface area contributed by atoms with Crippen molar-refractivity contribution in [2.45, 2.75) is 32.9 Å². The van der Waals surface area contributed by atoms with Crippen molar-refractivity contribution in [1.29, 1.82) is 0 Å². The van der Waals surface area contributed by atoms with Gasteiger partial charge in [-0.15, -0.1) is 0 Å². The van der Waals surface area contributed by atoms with E-state index in [1.165, 1.54) is 13.8 Å². The maximum Gasteiger partial charge on any atom is 0.223 e. The Morgan fingerprint density at radius 1 is 1.70 bits per heavy atom. The van der Waals surface area contributed by atoms with Gasteiger partial charge in [0.15, 0.2) is 0 Å². The average Bonchev–Trinajstić information content (AvgIpc) is 1.59. The summed E-state index contributed by atoms with van der Waals surface area (Å²) in [5.41, 5.74) is 0. The van der Waals surface area contributed by atoms with Gasteiger partial charge in [0.05, 0.1) is 0 Å². The van der Waals surface area contributed by atoms with Gasteiger partial charge in [-0.05, 0) is 13.8 Å². The highest BCUT2D eigenvalue weighted by Gasteiger charge is 2.20. The first-order valence-corrected chi connectivity index (χ1v) is 3.30. The molecule has 0 spiro atoms. The van der Waals surface area contributed by atoms with Gasteiger partial charge in [0, 0.05) is 13.5 Å². The van der Waals surface area contributed by atoms with Crippen molar-refractivity contribution >= 4 is 0 Å². The molecule has 0 saturated heterocycles. The Morgan fingerprint density at radius 3 is 2.50 bits per heavy atom. The molecule has 10 heavy (non-hydrogen) atoms. The summed E-state index contributed by atoms with van der Waals surface area (Å²) in [6.07, 6.45) is -0.776. The number of aliphatic hydroxyl groups is 2.